The lowest BCUT2D eigenvalue weighted by atomic mass is 9.92. The zero-order valence-electron chi connectivity index (χ0n) is 16.6. The Labute approximate surface area is 183 Å². The van der Waals surface area contributed by atoms with Crippen molar-refractivity contribution in [3.05, 3.63) is 70.8 Å². The first kappa shape index (κ1) is 21.4. The van der Waals surface area contributed by atoms with Gasteiger partial charge in [-0.1, -0.05) is 71.4 Å². The zero-order chi connectivity index (χ0) is 18.9. The summed E-state index contributed by atoms with van der Waals surface area (Å²) in [4.78, 5) is 7.02. The topological polar surface area (TPSA) is 35.8 Å². The Morgan fingerprint density at radius 1 is 1.00 bits per heavy atom. The van der Waals surface area contributed by atoms with E-state index < -0.39 is 5.72 Å². The molecule has 2 atom stereocenters. The molecule has 150 valence electrons. The molecule has 0 bridgehead atoms. The molecule has 4 rings (SSSR count). The number of hydrogen-bond acceptors (Lipinski definition) is 4. The highest BCUT2D eigenvalue weighted by Gasteiger charge is 2.51. The summed E-state index contributed by atoms with van der Waals surface area (Å²) in [5, 5.41) is 13.0. The molecule has 0 saturated carbocycles. The fraction of sp³-hybridized carbons (Fsp3) is 0.435. The van der Waals surface area contributed by atoms with Gasteiger partial charge in [-0.05, 0) is 44.2 Å². The number of nitrogens with zero attached hydrogens (tertiary/aromatic N) is 2. The van der Waals surface area contributed by atoms with E-state index in [0.717, 1.165) is 31.1 Å². The minimum absolute atomic E-state index is 0. The van der Waals surface area contributed by atoms with Gasteiger partial charge >= 0.3 is 0 Å². The number of hydrogen-bond donors (Lipinski definition) is 1. The van der Waals surface area contributed by atoms with Gasteiger partial charge in [-0.25, -0.2) is 0 Å². The molecule has 0 amide bonds. The number of amidine groups is 1. The van der Waals surface area contributed by atoms with Crippen LogP contribution in [0.5, 0.6) is 0 Å². The van der Waals surface area contributed by atoms with Crippen molar-refractivity contribution in [3.63, 3.8) is 0 Å². The lowest BCUT2D eigenvalue weighted by Crippen LogP contribution is -2.51. The van der Waals surface area contributed by atoms with Crippen LogP contribution in [0.4, 0.5) is 0 Å². The van der Waals surface area contributed by atoms with Crippen LogP contribution in [0.25, 0.3) is 0 Å². The normalized spacial score (nSPS) is 24.6. The first-order valence-electron chi connectivity index (χ1n) is 9.89. The molecule has 0 aromatic heterocycles. The fourth-order valence-electron chi connectivity index (χ4n) is 3.99. The smallest absolute Gasteiger partial charge is 0.162 e. The summed E-state index contributed by atoms with van der Waals surface area (Å²) in [7, 11) is 0. The van der Waals surface area contributed by atoms with Crippen molar-refractivity contribution in [2.75, 3.05) is 13.1 Å². The first-order valence-corrected chi connectivity index (χ1v) is 10.8. The standard InChI is InChI=1S/C23H28N2OS.BrH/c1-17-6-10-19(11-7-17)16-23(26)21(20-12-8-18(2)9-13-20)27-22-24-14-4-3-5-15-25(22)23;/h6-13,21,26H,3-5,14-16H2,1-2H3;1H. The lowest BCUT2D eigenvalue weighted by Gasteiger charge is -2.38. The number of halogens is 1. The van der Waals surface area contributed by atoms with Gasteiger partial charge in [0.2, 0.25) is 0 Å². The van der Waals surface area contributed by atoms with Crippen LogP contribution < -0.4 is 0 Å². The Bertz CT molecular complexity index is 822. The summed E-state index contributed by atoms with van der Waals surface area (Å²) in [6.45, 7) is 5.93. The predicted molar refractivity (Wildman–Crippen MR) is 125 cm³/mol. The second-order valence-electron chi connectivity index (χ2n) is 7.83. The summed E-state index contributed by atoms with van der Waals surface area (Å²) in [5.74, 6) is 0. The van der Waals surface area contributed by atoms with Crippen molar-refractivity contribution >= 4 is 33.9 Å². The van der Waals surface area contributed by atoms with Gasteiger partial charge in [-0.3, -0.25) is 4.99 Å². The largest absolute Gasteiger partial charge is 0.369 e. The molecule has 2 unspecified atom stereocenters. The number of benzene rings is 2. The second-order valence-corrected chi connectivity index (χ2v) is 8.90. The van der Waals surface area contributed by atoms with E-state index in [4.69, 9.17) is 4.99 Å². The number of aliphatic hydroxyl groups is 1. The Kier molecular flexibility index (Phi) is 6.89. The number of rotatable bonds is 3. The van der Waals surface area contributed by atoms with E-state index in [2.05, 4.69) is 67.3 Å². The molecular weight excluding hydrogens is 432 g/mol. The van der Waals surface area contributed by atoms with Crippen LogP contribution in [-0.4, -0.2) is 34.0 Å². The molecule has 3 nitrogen and oxygen atoms in total. The van der Waals surface area contributed by atoms with Gasteiger partial charge in [0, 0.05) is 19.5 Å². The van der Waals surface area contributed by atoms with Gasteiger partial charge in [0.05, 0.1) is 5.25 Å². The molecule has 1 fully saturated rings. The summed E-state index contributed by atoms with van der Waals surface area (Å²) in [6, 6.07) is 17.1. The Morgan fingerprint density at radius 2 is 1.64 bits per heavy atom. The van der Waals surface area contributed by atoms with E-state index in [9.17, 15) is 5.11 Å². The van der Waals surface area contributed by atoms with Crippen LogP contribution in [0.1, 0.15) is 46.8 Å². The minimum Gasteiger partial charge on any atom is -0.369 e. The lowest BCUT2D eigenvalue weighted by molar-refractivity contribution is -0.0649. The van der Waals surface area contributed by atoms with Crippen LogP contribution >= 0.6 is 28.7 Å². The molecule has 1 saturated heterocycles. The van der Waals surface area contributed by atoms with E-state index in [0.29, 0.717) is 6.42 Å². The maximum Gasteiger partial charge on any atom is 0.162 e. The van der Waals surface area contributed by atoms with Crippen LogP contribution in [0.3, 0.4) is 0 Å². The average molecular weight is 461 g/mol. The van der Waals surface area contributed by atoms with Gasteiger partial charge in [0.15, 0.2) is 10.9 Å². The van der Waals surface area contributed by atoms with Crippen molar-refractivity contribution in [2.24, 2.45) is 4.99 Å². The summed E-state index contributed by atoms with van der Waals surface area (Å²) < 4.78 is 0. The number of thioether (sulfide) groups is 1. The van der Waals surface area contributed by atoms with Crippen LogP contribution in [0, 0.1) is 13.8 Å². The summed E-state index contributed by atoms with van der Waals surface area (Å²) in [5.41, 5.74) is 3.88. The minimum atomic E-state index is -0.953. The highest BCUT2D eigenvalue weighted by molar-refractivity contribution is 8.93. The monoisotopic (exact) mass is 460 g/mol. The third-order valence-electron chi connectivity index (χ3n) is 5.59. The fourth-order valence-corrected chi connectivity index (χ4v) is 5.43. The molecular formula is C23H29BrN2OS. The highest BCUT2D eigenvalue weighted by atomic mass is 79.9. The number of aryl methyl sites for hydroxylation is 2. The molecule has 0 spiro atoms. The third kappa shape index (κ3) is 4.32. The number of fused-ring (bicyclic) bond motifs is 1. The van der Waals surface area contributed by atoms with Crippen molar-refractivity contribution in [1.29, 1.82) is 0 Å². The number of aliphatic imine (C=N–C) groups is 1. The predicted octanol–water partition coefficient (Wildman–Crippen LogP) is 5.44. The van der Waals surface area contributed by atoms with Crippen molar-refractivity contribution in [2.45, 2.75) is 50.5 Å². The molecule has 5 heteroatoms. The third-order valence-corrected chi connectivity index (χ3v) is 7.04. The van der Waals surface area contributed by atoms with Gasteiger partial charge < -0.3 is 10.0 Å². The summed E-state index contributed by atoms with van der Waals surface area (Å²) >= 11 is 1.73. The van der Waals surface area contributed by atoms with Gasteiger partial charge in [0.1, 0.15) is 0 Å². The molecule has 2 aromatic rings. The van der Waals surface area contributed by atoms with Gasteiger partial charge in [0.25, 0.3) is 0 Å². The van der Waals surface area contributed by atoms with E-state index in [1.165, 1.54) is 28.7 Å². The van der Waals surface area contributed by atoms with Crippen molar-refractivity contribution in [1.82, 2.24) is 4.90 Å². The van der Waals surface area contributed by atoms with Crippen LogP contribution in [0.15, 0.2) is 53.5 Å². The molecule has 2 aliphatic heterocycles. The maximum absolute atomic E-state index is 12.0. The molecule has 0 radical (unpaired) electrons. The first-order chi connectivity index (χ1) is 13.1. The molecule has 2 aromatic carbocycles. The quantitative estimate of drug-likeness (QED) is 0.661. The van der Waals surface area contributed by atoms with Crippen molar-refractivity contribution in [3.8, 4) is 0 Å². The van der Waals surface area contributed by atoms with E-state index in [-0.39, 0.29) is 22.2 Å². The van der Waals surface area contributed by atoms with Gasteiger partial charge in [-0.15, -0.1) is 17.0 Å². The van der Waals surface area contributed by atoms with E-state index >= 15 is 0 Å². The van der Waals surface area contributed by atoms with Crippen LogP contribution in [-0.2, 0) is 6.42 Å². The molecule has 28 heavy (non-hydrogen) atoms. The van der Waals surface area contributed by atoms with E-state index in [1.807, 2.05) is 0 Å². The second kappa shape index (κ2) is 9.02. The molecule has 1 N–H and O–H groups in total. The maximum atomic E-state index is 12.0. The summed E-state index contributed by atoms with van der Waals surface area (Å²) in [6.07, 6.45) is 4.03. The molecule has 0 aliphatic carbocycles. The Balaban J connectivity index is 0.00000225. The van der Waals surface area contributed by atoms with E-state index in [1.54, 1.807) is 11.8 Å². The van der Waals surface area contributed by atoms with Gasteiger partial charge in [-0.2, -0.15) is 0 Å². The molecule has 2 aliphatic rings. The SMILES string of the molecule is Br.Cc1ccc(CC2(O)C(c3ccc(C)cc3)SC3=NCCCCCN32)cc1. The Hall–Kier alpha value is -1.30. The highest BCUT2D eigenvalue weighted by Crippen LogP contribution is 2.51. The zero-order valence-corrected chi connectivity index (χ0v) is 19.1. The van der Waals surface area contributed by atoms with Crippen LogP contribution in [0.2, 0.25) is 0 Å². The average Bonchev–Trinajstić information content (AvgIpc) is 2.89. The molecule has 2 heterocycles. The Morgan fingerprint density at radius 3 is 2.32 bits per heavy atom. The van der Waals surface area contributed by atoms with Crippen molar-refractivity contribution < 1.29 is 5.11 Å².